The van der Waals surface area contributed by atoms with Crippen molar-refractivity contribution in [1.29, 1.82) is 0 Å². The lowest BCUT2D eigenvalue weighted by molar-refractivity contribution is -0.118. The fourth-order valence-electron chi connectivity index (χ4n) is 4.64. The van der Waals surface area contributed by atoms with Crippen molar-refractivity contribution in [2.75, 3.05) is 51.3 Å². The second kappa shape index (κ2) is 10.6. The number of nitrogens with one attached hydrogen (secondary N) is 1. The number of carbonyl (C=O) groups excluding carboxylic acids is 2. The van der Waals surface area contributed by atoms with Gasteiger partial charge in [-0.2, -0.15) is 0 Å². The molecule has 1 unspecified atom stereocenters. The predicted molar refractivity (Wildman–Crippen MR) is 133 cm³/mol. The van der Waals surface area contributed by atoms with E-state index in [4.69, 9.17) is 37.4 Å². The molecule has 3 heterocycles. The Morgan fingerprint density at radius 1 is 1.09 bits per heavy atom. The normalized spacial score (nSPS) is 21.1. The molecule has 2 aromatic carbocycles. The summed E-state index contributed by atoms with van der Waals surface area (Å²) in [5.74, 6) is 0.997. The van der Waals surface area contributed by atoms with E-state index >= 15 is 0 Å². The van der Waals surface area contributed by atoms with Crippen LogP contribution < -0.4 is 14.8 Å². The molecule has 35 heavy (non-hydrogen) atoms. The molecule has 5 rings (SSSR count). The third-order valence-corrected chi connectivity index (χ3v) is 7.22. The van der Waals surface area contributed by atoms with Crippen LogP contribution in [0, 0.1) is 0 Å². The van der Waals surface area contributed by atoms with Gasteiger partial charge in [-0.25, -0.2) is 0 Å². The van der Waals surface area contributed by atoms with Crippen LogP contribution in [-0.4, -0.2) is 79.8 Å². The molecule has 2 aromatic rings. The lowest BCUT2D eigenvalue weighted by Gasteiger charge is -2.38. The first-order valence-electron chi connectivity index (χ1n) is 11.8. The Bertz CT molecular complexity index is 1110. The van der Waals surface area contributed by atoms with Gasteiger partial charge in [0.15, 0.2) is 6.61 Å². The summed E-state index contributed by atoms with van der Waals surface area (Å²) in [7, 11) is 0. The zero-order valence-corrected chi connectivity index (χ0v) is 20.7. The molecule has 10 heteroatoms. The monoisotopic (exact) mass is 519 g/mol. The number of fused-ring (bicyclic) bond motifs is 1. The van der Waals surface area contributed by atoms with Gasteiger partial charge in [-0.3, -0.25) is 9.59 Å². The van der Waals surface area contributed by atoms with Crippen LogP contribution in [0.5, 0.6) is 11.5 Å². The molecule has 0 spiro atoms. The predicted octanol–water partition coefficient (Wildman–Crippen LogP) is 3.71. The topological polar surface area (TPSA) is 80.3 Å². The molecular formula is C25H27Cl2N3O5. The van der Waals surface area contributed by atoms with Crippen LogP contribution in [0.4, 0.5) is 5.69 Å². The van der Waals surface area contributed by atoms with E-state index in [2.05, 4.69) is 10.2 Å². The molecule has 2 amide bonds. The van der Waals surface area contributed by atoms with Crippen LogP contribution in [0.15, 0.2) is 36.4 Å². The van der Waals surface area contributed by atoms with Gasteiger partial charge < -0.3 is 29.3 Å². The maximum atomic E-state index is 13.1. The minimum atomic E-state index is -0.197. The zero-order valence-electron chi connectivity index (χ0n) is 19.2. The molecular weight excluding hydrogens is 493 g/mol. The number of hydrogen-bond donors (Lipinski definition) is 1. The number of amides is 2. The number of morpholine rings is 1. The third-order valence-electron chi connectivity index (χ3n) is 6.48. The van der Waals surface area contributed by atoms with Gasteiger partial charge in [0, 0.05) is 44.4 Å². The van der Waals surface area contributed by atoms with E-state index in [1.807, 2.05) is 11.0 Å². The molecule has 1 N–H and O–H groups in total. The molecule has 0 bridgehead atoms. The van der Waals surface area contributed by atoms with Gasteiger partial charge in [-0.1, -0.05) is 23.2 Å². The van der Waals surface area contributed by atoms with Crippen LogP contribution in [0.3, 0.4) is 0 Å². The molecule has 3 aliphatic heterocycles. The molecule has 186 valence electrons. The van der Waals surface area contributed by atoms with Gasteiger partial charge in [0.25, 0.3) is 11.8 Å². The SMILES string of the molecule is O=C1COc2cc(C(=O)N3CCOC(CN4CCC(Oc5ccc(Cl)c(Cl)c5)CC4)C3)ccc2N1. The molecule has 1 atom stereocenters. The largest absolute Gasteiger partial charge is 0.490 e. The summed E-state index contributed by atoms with van der Waals surface area (Å²) >= 11 is 12.1. The van der Waals surface area contributed by atoms with E-state index in [1.165, 1.54) is 0 Å². The first-order chi connectivity index (χ1) is 16.9. The van der Waals surface area contributed by atoms with Gasteiger partial charge in [0.1, 0.15) is 17.6 Å². The van der Waals surface area contributed by atoms with E-state index in [9.17, 15) is 9.59 Å². The highest BCUT2D eigenvalue weighted by Crippen LogP contribution is 2.30. The molecule has 8 nitrogen and oxygen atoms in total. The van der Waals surface area contributed by atoms with Crippen molar-refractivity contribution in [3.63, 3.8) is 0 Å². The molecule has 2 fully saturated rings. The van der Waals surface area contributed by atoms with Crippen LogP contribution in [-0.2, 0) is 9.53 Å². The lowest BCUT2D eigenvalue weighted by Crippen LogP contribution is -2.51. The summed E-state index contributed by atoms with van der Waals surface area (Å²) in [4.78, 5) is 28.8. The van der Waals surface area contributed by atoms with E-state index in [0.29, 0.717) is 46.7 Å². The summed E-state index contributed by atoms with van der Waals surface area (Å²) in [5.41, 5.74) is 1.13. The molecule has 2 saturated heterocycles. The maximum Gasteiger partial charge on any atom is 0.262 e. The Hall–Kier alpha value is -2.52. The van der Waals surface area contributed by atoms with Gasteiger partial charge in [-0.15, -0.1) is 0 Å². The second-order valence-electron chi connectivity index (χ2n) is 8.99. The number of ether oxygens (including phenoxy) is 3. The number of nitrogens with zero attached hydrogens (tertiary/aromatic N) is 2. The van der Waals surface area contributed by atoms with Crippen molar-refractivity contribution in [3.05, 3.63) is 52.0 Å². The number of hydrogen-bond acceptors (Lipinski definition) is 6. The average Bonchev–Trinajstić information content (AvgIpc) is 2.87. The lowest BCUT2D eigenvalue weighted by atomic mass is 10.1. The van der Waals surface area contributed by atoms with Crippen molar-refractivity contribution < 1.29 is 23.8 Å². The van der Waals surface area contributed by atoms with Gasteiger partial charge in [0.2, 0.25) is 0 Å². The maximum absolute atomic E-state index is 13.1. The Balaban J connectivity index is 1.11. The number of halogens is 2. The van der Waals surface area contributed by atoms with Crippen LogP contribution in [0.25, 0.3) is 0 Å². The smallest absolute Gasteiger partial charge is 0.262 e. The van der Waals surface area contributed by atoms with E-state index in [1.54, 1.807) is 30.3 Å². The van der Waals surface area contributed by atoms with Crippen molar-refractivity contribution in [1.82, 2.24) is 9.80 Å². The van der Waals surface area contributed by atoms with Crippen molar-refractivity contribution in [2.45, 2.75) is 25.0 Å². The first kappa shape index (κ1) is 24.2. The number of anilines is 1. The highest BCUT2D eigenvalue weighted by Gasteiger charge is 2.29. The van der Waals surface area contributed by atoms with Crippen LogP contribution in [0.1, 0.15) is 23.2 Å². The highest BCUT2D eigenvalue weighted by atomic mass is 35.5. The molecule has 0 saturated carbocycles. The number of benzene rings is 2. The van der Waals surface area contributed by atoms with Gasteiger partial charge >= 0.3 is 0 Å². The van der Waals surface area contributed by atoms with Crippen molar-refractivity contribution in [3.8, 4) is 11.5 Å². The van der Waals surface area contributed by atoms with E-state index in [0.717, 1.165) is 38.2 Å². The van der Waals surface area contributed by atoms with Crippen LogP contribution in [0.2, 0.25) is 10.0 Å². The van der Waals surface area contributed by atoms with Gasteiger partial charge in [0.05, 0.1) is 28.4 Å². The Labute approximate surface area is 214 Å². The zero-order chi connectivity index (χ0) is 24.4. The fraction of sp³-hybridized carbons (Fsp3) is 0.440. The Morgan fingerprint density at radius 3 is 2.71 bits per heavy atom. The summed E-state index contributed by atoms with van der Waals surface area (Å²) in [6, 6.07) is 10.5. The summed E-state index contributed by atoms with van der Waals surface area (Å²) in [5, 5.41) is 3.75. The number of rotatable bonds is 5. The summed E-state index contributed by atoms with van der Waals surface area (Å²) in [6.07, 6.45) is 1.89. The van der Waals surface area contributed by atoms with Crippen molar-refractivity contribution in [2.24, 2.45) is 0 Å². The van der Waals surface area contributed by atoms with Gasteiger partial charge in [-0.05, 0) is 43.2 Å². The second-order valence-corrected chi connectivity index (χ2v) is 9.80. The summed E-state index contributed by atoms with van der Waals surface area (Å²) in [6.45, 7) is 4.10. The number of piperidine rings is 1. The highest BCUT2D eigenvalue weighted by molar-refractivity contribution is 6.42. The molecule has 0 aliphatic carbocycles. The summed E-state index contributed by atoms with van der Waals surface area (Å²) < 4.78 is 17.5. The Morgan fingerprint density at radius 2 is 1.91 bits per heavy atom. The van der Waals surface area contributed by atoms with E-state index < -0.39 is 0 Å². The number of carbonyl (C=O) groups is 2. The standard InChI is InChI=1S/C25H27Cl2N3O5/c26-20-3-2-18(12-21(20)27)35-17-5-7-29(8-6-17)13-19-14-30(9-10-33-19)25(32)16-1-4-22-23(11-16)34-15-24(31)28-22/h1-4,11-12,17,19H,5-10,13-15H2,(H,28,31). The fourth-order valence-corrected chi connectivity index (χ4v) is 4.93. The third kappa shape index (κ3) is 5.83. The van der Waals surface area contributed by atoms with Crippen LogP contribution >= 0.6 is 23.2 Å². The Kier molecular flexibility index (Phi) is 7.34. The quantitative estimate of drug-likeness (QED) is 0.648. The minimum absolute atomic E-state index is 0.0422. The minimum Gasteiger partial charge on any atom is -0.490 e. The molecule has 0 radical (unpaired) electrons. The average molecular weight is 520 g/mol. The number of likely N-dealkylation sites (tertiary alicyclic amines) is 1. The molecule has 3 aliphatic rings. The van der Waals surface area contributed by atoms with Crippen molar-refractivity contribution >= 4 is 40.7 Å². The first-order valence-corrected chi connectivity index (χ1v) is 12.5. The van der Waals surface area contributed by atoms with E-state index in [-0.39, 0.29) is 30.6 Å². The molecule has 0 aromatic heterocycles.